The predicted molar refractivity (Wildman–Crippen MR) is 90.4 cm³/mol. The number of benzene rings is 2. The molecule has 2 atom stereocenters. The molecular weight excluding hydrogens is 272 g/mol. The molecule has 0 aliphatic heterocycles. The summed E-state index contributed by atoms with van der Waals surface area (Å²) in [5, 5.41) is 10.9. The first-order valence-electron chi connectivity index (χ1n) is 8.68. The minimum Gasteiger partial charge on any atom is -0.381 e. The van der Waals surface area contributed by atoms with Crippen LogP contribution in [-0.4, -0.2) is 13.1 Å². The predicted octanol–water partition coefficient (Wildman–Crippen LogP) is 4.07. The number of aliphatic hydroxyl groups is 2. The average molecular weight is 300 g/mol. The van der Waals surface area contributed by atoms with E-state index in [4.69, 9.17) is 13.1 Å². The summed E-state index contributed by atoms with van der Waals surface area (Å²) in [4.78, 5) is 0. The zero-order valence-corrected chi connectivity index (χ0v) is 13.7. The highest BCUT2D eigenvalue weighted by Crippen LogP contribution is 2.49. The number of hydrogen-bond donors (Lipinski definition) is 2. The van der Waals surface area contributed by atoms with Gasteiger partial charge in [0.05, 0.1) is 0 Å². The molecule has 0 aliphatic rings. The molecule has 0 radical (unpaired) electrons. The Bertz CT molecular complexity index is 573. The van der Waals surface area contributed by atoms with Gasteiger partial charge in [-0.05, 0) is 23.0 Å². The maximum Gasteiger partial charge on any atom is 0.212 e. The summed E-state index contributed by atoms with van der Waals surface area (Å²) >= 11 is 0. The van der Waals surface area contributed by atoms with Crippen molar-refractivity contribution in [3.05, 3.63) is 71.8 Å². The van der Waals surface area contributed by atoms with E-state index < -0.39 is 11.2 Å². The van der Waals surface area contributed by atoms with Crippen LogP contribution in [0.15, 0.2) is 60.7 Å². The first kappa shape index (κ1) is 14.0. The van der Waals surface area contributed by atoms with Crippen LogP contribution in [0.5, 0.6) is 0 Å². The van der Waals surface area contributed by atoms with Gasteiger partial charge in [-0.1, -0.05) is 88.4 Å². The molecule has 0 fully saturated rings. The Kier molecular flexibility index (Phi) is 3.96. The van der Waals surface area contributed by atoms with Gasteiger partial charge in [0.2, 0.25) is 2.86 Å². The van der Waals surface area contributed by atoms with Gasteiger partial charge in [0.15, 0.2) is 0 Å². The summed E-state index contributed by atoms with van der Waals surface area (Å²) in [5.41, 5.74) is -0.573. The fraction of sp³-hybridized carbons (Fsp3) is 0.400. The van der Waals surface area contributed by atoms with Crippen molar-refractivity contribution in [3.8, 4) is 0 Å². The van der Waals surface area contributed by atoms with Crippen LogP contribution >= 0.6 is 0 Å². The molecule has 0 heterocycles. The Balaban J connectivity index is 2.86. The van der Waals surface area contributed by atoms with Crippen LogP contribution in [-0.2, 0) is 11.2 Å². The van der Waals surface area contributed by atoms with Gasteiger partial charge in [-0.3, -0.25) is 0 Å². The van der Waals surface area contributed by atoms with Gasteiger partial charge in [0.1, 0.15) is 11.2 Å². The van der Waals surface area contributed by atoms with E-state index in [-0.39, 0.29) is 11.8 Å². The molecule has 0 unspecified atom stereocenters. The lowest BCUT2D eigenvalue weighted by Crippen LogP contribution is -2.55. The fourth-order valence-corrected chi connectivity index (χ4v) is 3.32. The summed E-state index contributed by atoms with van der Waals surface area (Å²) in [7, 11) is 0. The molecular formula is C20H26O2. The van der Waals surface area contributed by atoms with E-state index in [1.807, 2.05) is 88.4 Å². The lowest BCUT2D eigenvalue weighted by atomic mass is 9.63. The van der Waals surface area contributed by atoms with Crippen molar-refractivity contribution in [2.45, 2.75) is 38.9 Å². The Labute approximate surface area is 136 Å². The van der Waals surface area contributed by atoms with Gasteiger partial charge in [0, 0.05) is 0 Å². The van der Waals surface area contributed by atoms with Crippen molar-refractivity contribution < 1.29 is 10.2 Å². The molecule has 2 aromatic carbocycles. The molecule has 2 heteroatoms. The zero-order valence-electron chi connectivity index (χ0n) is 15.7. The van der Waals surface area contributed by atoms with Crippen LogP contribution in [0.25, 0.3) is 0 Å². The van der Waals surface area contributed by atoms with E-state index >= 15 is 0 Å². The number of hydrogen-bond acceptors (Lipinski definition) is 2. The molecule has 22 heavy (non-hydrogen) atoms. The minimum absolute atomic E-state index is 0.0923. The van der Waals surface area contributed by atoms with Gasteiger partial charge < -0.3 is 10.2 Å². The lowest BCUT2D eigenvalue weighted by Gasteiger charge is -2.49. The van der Waals surface area contributed by atoms with Crippen molar-refractivity contribution in [3.63, 3.8) is 0 Å². The molecule has 0 saturated heterocycles. The van der Waals surface area contributed by atoms with Crippen molar-refractivity contribution in [1.82, 2.24) is 0 Å². The first-order chi connectivity index (χ1) is 11.5. The van der Waals surface area contributed by atoms with Crippen LogP contribution in [0, 0.1) is 11.8 Å². The Morgan fingerprint density at radius 3 is 1.23 bits per heavy atom. The summed E-state index contributed by atoms with van der Waals surface area (Å²) in [6.45, 7) is 8.00. The highest BCUT2D eigenvalue weighted by Gasteiger charge is 2.55. The van der Waals surface area contributed by atoms with E-state index in [2.05, 4.69) is 0 Å². The molecule has 2 nitrogen and oxygen atoms in total. The largest absolute Gasteiger partial charge is 0.381 e. The zero-order chi connectivity index (χ0) is 17.8. The molecule has 2 rings (SSSR count). The number of rotatable bonds is 7. The van der Waals surface area contributed by atoms with Crippen LogP contribution in [0.1, 0.15) is 38.8 Å². The van der Waals surface area contributed by atoms with E-state index in [0.29, 0.717) is 0 Å². The second kappa shape index (κ2) is 6.23. The van der Waals surface area contributed by atoms with Gasteiger partial charge in [-0.25, -0.2) is 0 Å². The second-order valence-corrected chi connectivity index (χ2v) is 6.51. The van der Waals surface area contributed by atoms with E-state index in [1.54, 1.807) is 0 Å². The van der Waals surface area contributed by atoms with Crippen LogP contribution in [0.3, 0.4) is 0 Å². The van der Waals surface area contributed by atoms with E-state index in [1.165, 1.54) is 0 Å². The summed E-state index contributed by atoms with van der Waals surface area (Å²) < 4.78 is 16.0. The normalized spacial score (nSPS) is 18.5. The van der Waals surface area contributed by atoms with Gasteiger partial charge in [0.25, 0.3) is 0 Å². The van der Waals surface area contributed by atoms with Crippen molar-refractivity contribution >= 4 is 0 Å². The van der Waals surface area contributed by atoms with Crippen LogP contribution in [0.2, 0.25) is 0 Å². The third-order valence-electron chi connectivity index (χ3n) is 4.58. The quantitative estimate of drug-likeness (QED) is 0.809. The molecule has 2 aromatic rings. The van der Waals surface area contributed by atoms with E-state index in [0.717, 1.165) is 11.1 Å². The Hall–Kier alpha value is -1.64. The molecule has 0 saturated carbocycles. The monoisotopic (exact) mass is 300 g/mol. The van der Waals surface area contributed by atoms with Gasteiger partial charge in [-0.2, -0.15) is 0 Å². The molecule has 118 valence electrons. The summed E-state index contributed by atoms with van der Waals surface area (Å²) in [5.74, 6) is -0.185. The third-order valence-corrected chi connectivity index (χ3v) is 4.58. The van der Waals surface area contributed by atoms with Crippen LogP contribution in [0.4, 0.5) is 0 Å². The van der Waals surface area contributed by atoms with Gasteiger partial charge in [-0.15, -0.1) is 0 Å². The standard InChI is InChI=1S/C20H26O2/c1-15(2)19(21,17-11-7-5-8-12-17)20(22,16(3)4)18-13-9-6-10-14-18/h5-16,21-22H,1-4H3/t19-,20+/i21D,22D. The highest BCUT2D eigenvalue weighted by atomic mass is 16.4. The van der Waals surface area contributed by atoms with Gasteiger partial charge >= 0.3 is 0 Å². The van der Waals surface area contributed by atoms with E-state index in [9.17, 15) is 0 Å². The van der Waals surface area contributed by atoms with Crippen molar-refractivity contribution in [1.29, 1.82) is 2.86 Å². The molecule has 2 N–H and O–H groups in total. The fourth-order valence-electron chi connectivity index (χ4n) is 3.32. The lowest BCUT2D eigenvalue weighted by molar-refractivity contribution is -0.212. The van der Waals surface area contributed by atoms with Crippen molar-refractivity contribution in [2.24, 2.45) is 11.8 Å². The van der Waals surface area contributed by atoms with Crippen molar-refractivity contribution in [2.75, 3.05) is 0 Å². The first-order valence-corrected chi connectivity index (χ1v) is 7.87. The highest BCUT2D eigenvalue weighted by molar-refractivity contribution is 5.35. The topological polar surface area (TPSA) is 40.5 Å². The average Bonchev–Trinajstić information content (AvgIpc) is 2.60. The summed E-state index contributed by atoms with van der Waals surface area (Å²) in [6.07, 6.45) is 0. The maximum atomic E-state index is 8.01. The molecule has 0 aromatic heterocycles. The Morgan fingerprint density at radius 2 is 1.00 bits per heavy atom. The molecule has 0 spiro atoms. The Morgan fingerprint density at radius 1 is 0.682 bits per heavy atom. The third kappa shape index (κ3) is 2.47. The molecule has 0 amide bonds. The second-order valence-electron chi connectivity index (χ2n) is 6.51. The smallest absolute Gasteiger partial charge is 0.212 e. The minimum atomic E-state index is -1.12. The van der Waals surface area contributed by atoms with Crippen LogP contribution < -0.4 is 0 Å². The SMILES string of the molecule is [2H]O[C@](c1ccccc1)(C(C)C)[C@](O[2H])(c1ccccc1)C(C)C. The maximum absolute atomic E-state index is 8.01. The summed E-state index contributed by atoms with van der Waals surface area (Å²) in [6, 6.07) is 19.3. The molecule has 0 bridgehead atoms. The molecule has 0 aliphatic carbocycles.